The minimum atomic E-state index is -2.83. The second kappa shape index (κ2) is 5.52. The molecule has 0 spiro atoms. The van der Waals surface area contributed by atoms with Crippen molar-refractivity contribution in [3.8, 4) is 0 Å². The second-order valence-corrected chi connectivity index (χ2v) is 6.82. The summed E-state index contributed by atoms with van der Waals surface area (Å²) >= 11 is 0. The number of nitrogens with one attached hydrogen (secondary N) is 2. The maximum absolute atomic E-state index is 11.3. The van der Waals surface area contributed by atoms with Crippen molar-refractivity contribution in [1.82, 2.24) is 10.6 Å². The molecule has 0 aromatic carbocycles. The molecule has 2 N–H and O–H groups in total. The molecular weight excluding hydrogens is 226 g/mol. The van der Waals surface area contributed by atoms with E-state index in [4.69, 9.17) is 0 Å². The smallest absolute Gasteiger partial charge is 0.191 e. The van der Waals surface area contributed by atoms with Crippen molar-refractivity contribution in [1.29, 1.82) is 0 Å². The van der Waals surface area contributed by atoms with E-state index in [0.717, 1.165) is 6.54 Å². The van der Waals surface area contributed by atoms with Gasteiger partial charge in [-0.2, -0.15) is 0 Å². The van der Waals surface area contributed by atoms with Gasteiger partial charge in [0.2, 0.25) is 0 Å². The number of guanidine groups is 1. The van der Waals surface area contributed by atoms with Crippen LogP contribution in [0.5, 0.6) is 0 Å². The van der Waals surface area contributed by atoms with Crippen molar-refractivity contribution in [2.75, 3.05) is 25.1 Å². The van der Waals surface area contributed by atoms with Gasteiger partial charge in [-0.15, -0.1) is 0 Å². The fourth-order valence-corrected chi connectivity index (χ4v) is 3.27. The van der Waals surface area contributed by atoms with Crippen LogP contribution in [-0.4, -0.2) is 45.5 Å². The molecule has 1 saturated heterocycles. The highest BCUT2D eigenvalue weighted by atomic mass is 32.2. The maximum atomic E-state index is 11.3. The average Bonchev–Trinajstić information content (AvgIpc) is 2.52. The van der Waals surface area contributed by atoms with Crippen LogP contribution in [0.3, 0.4) is 0 Å². The summed E-state index contributed by atoms with van der Waals surface area (Å²) in [6.07, 6.45) is 0.671. The highest BCUT2D eigenvalue weighted by Gasteiger charge is 2.28. The Balaban J connectivity index is 2.41. The van der Waals surface area contributed by atoms with Gasteiger partial charge in [0.25, 0.3) is 0 Å². The van der Waals surface area contributed by atoms with Crippen LogP contribution in [0, 0.1) is 5.92 Å². The van der Waals surface area contributed by atoms with E-state index in [0.29, 0.717) is 18.3 Å². The van der Waals surface area contributed by atoms with Crippen LogP contribution in [-0.2, 0) is 9.84 Å². The van der Waals surface area contributed by atoms with Gasteiger partial charge in [0, 0.05) is 19.6 Å². The fourth-order valence-electron chi connectivity index (χ4n) is 1.60. The van der Waals surface area contributed by atoms with Crippen LogP contribution >= 0.6 is 0 Å². The van der Waals surface area contributed by atoms with Crippen LogP contribution in [0.4, 0.5) is 0 Å². The largest absolute Gasteiger partial charge is 0.356 e. The summed E-state index contributed by atoms with van der Waals surface area (Å²) in [4.78, 5) is 4.07. The predicted molar refractivity (Wildman–Crippen MR) is 66.4 cm³/mol. The molecule has 6 heteroatoms. The molecular formula is C10H21N3O2S. The lowest BCUT2D eigenvalue weighted by Crippen LogP contribution is -2.44. The molecule has 1 heterocycles. The molecule has 1 rings (SSSR count). The molecule has 5 nitrogen and oxygen atoms in total. The van der Waals surface area contributed by atoms with Gasteiger partial charge in [-0.25, -0.2) is 8.42 Å². The van der Waals surface area contributed by atoms with E-state index in [2.05, 4.69) is 29.5 Å². The van der Waals surface area contributed by atoms with Crippen LogP contribution < -0.4 is 10.6 Å². The molecule has 0 aliphatic carbocycles. The van der Waals surface area contributed by atoms with Crippen LogP contribution in [0.1, 0.15) is 20.3 Å². The third kappa shape index (κ3) is 4.38. The summed E-state index contributed by atoms with van der Waals surface area (Å²) < 4.78 is 22.6. The number of sulfone groups is 1. The molecule has 0 bridgehead atoms. The molecule has 0 aromatic heterocycles. The van der Waals surface area contributed by atoms with E-state index in [1.54, 1.807) is 7.05 Å². The van der Waals surface area contributed by atoms with Gasteiger partial charge in [0.1, 0.15) is 0 Å². The van der Waals surface area contributed by atoms with E-state index < -0.39 is 9.84 Å². The molecule has 0 radical (unpaired) electrons. The molecule has 0 saturated carbocycles. The number of rotatable bonds is 3. The topological polar surface area (TPSA) is 70.6 Å². The summed E-state index contributed by atoms with van der Waals surface area (Å²) in [7, 11) is -1.13. The number of hydrogen-bond donors (Lipinski definition) is 2. The van der Waals surface area contributed by atoms with Crippen molar-refractivity contribution in [3.63, 3.8) is 0 Å². The Labute approximate surface area is 97.6 Å². The molecule has 0 amide bonds. The van der Waals surface area contributed by atoms with E-state index in [9.17, 15) is 8.42 Å². The minimum Gasteiger partial charge on any atom is -0.356 e. The average molecular weight is 247 g/mol. The SMILES string of the molecule is CN=C(NCC(C)C)NC1CCS(=O)(=O)C1. The van der Waals surface area contributed by atoms with Gasteiger partial charge in [-0.3, -0.25) is 4.99 Å². The first-order chi connectivity index (χ1) is 7.43. The first-order valence-electron chi connectivity index (χ1n) is 5.60. The minimum absolute atomic E-state index is 0.00311. The van der Waals surface area contributed by atoms with Gasteiger partial charge in [-0.1, -0.05) is 13.8 Å². The third-order valence-corrected chi connectivity index (χ3v) is 4.24. The Bertz CT molecular complexity index is 349. The molecule has 1 atom stereocenters. The summed E-state index contributed by atoms with van der Waals surface area (Å²) in [5.41, 5.74) is 0. The summed E-state index contributed by atoms with van der Waals surface area (Å²) in [5.74, 6) is 1.72. The fraction of sp³-hybridized carbons (Fsp3) is 0.900. The zero-order chi connectivity index (χ0) is 12.2. The number of nitrogens with zero attached hydrogens (tertiary/aromatic N) is 1. The predicted octanol–water partition coefficient (Wildman–Crippen LogP) is -0.00550. The Morgan fingerprint density at radius 2 is 2.19 bits per heavy atom. The van der Waals surface area contributed by atoms with Crippen molar-refractivity contribution in [2.45, 2.75) is 26.3 Å². The van der Waals surface area contributed by atoms with Gasteiger partial charge >= 0.3 is 0 Å². The normalized spacial score (nSPS) is 24.8. The standard InChI is InChI=1S/C10H21N3O2S/c1-8(2)6-12-10(11-3)13-9-4-5-16(14,15)7-9/h8-9H,4-7H2,1-3H3,(H2,11,12,13). The lowest BCUT2D eigenvalue weighted by atomic mass is 10.2. The molecule has 94 valence electrons. The Morgan fingerprint density at radius 3 is 2.62 bits per heavy atom. The lowest BCUT2D eigenvalue weighted by molar-refractivity contribution is 0.592. The van der Waals surface area contributed by atoms with Crippen molar-refractivity contribution in [2.24, 2.45) is 10.9 Å². The zero-order valence-electron chi connectivity index (χ0n) is 10.2. The van der Waals surface area contributed by atoms with E-state index in [-0.39, 0.29) is 17.5 Å². The van der Waals surface area contributed by atoms with Gasteiger partial charge in [0.05, 0.1) is 11.5 Å². The quantitative estimate of drug-likeness (QED) is 0.544. The second-order valence-electron chi connectivity index (χ2n) is 4.59. The Hall–Kier alpha value is -0.780. The van der Waals surface area contributed by atoms with Gasteiger partial charge in [-0.05, 0) is 12.3 Å². The van der Waals surface area contributed by atoms with Crippen LogP contribution in [0.2, 0.25) is 0 Å². The summed E-state index contributed by atoms with van der Waals surface area (Å²) in [6, 6.07) is 0.00311. The molecule has 1 aliphatic heterocycles. The first-order valence-corrected chi connectivity index (χ1v) is 7.42. The molecule has 1 unspecified atom stereocenters. The monoisotopic (exact) mass is 247 g/mol. The molecule has 0 aromatic rings. The maximum Gasteiger partial charge on any atom is 0.191 e. The Kier molecular flexibility index (Phi) is 4.58. The van der Waals surface area contributed by atoms with E-state index in [1.165, 1.54) is 0 Å². The highest BCUT2D eigenvalue weighted by Crippen LogP contribution is 2.10. The Morgan fingerprint density at radius 1 is 1.50 bits per heavy atom. The number of hydrogen-bond acceptors (Lipinski definition) is 3. The lowest BCUT2D eigenvalue weighted by Gasteiger charge is -2.17. The van der Waals surface area contributed by atoms with E-state index >= 15 is 0 Å². The van der Waals surface area contributed by atoms with Crippen LogP contribution in [0.15, 0.2) is 4.99 Å². The van der Waals surface area contributed by atoms with Gasteiger partial charge < -0.3 is 10.6 Å². The van der Waals surface area contributed by atoms with Crippen LogP contribution in [0.25, 0.3) is 0 Å². The molecule has 1 fully saturated rings. The molecule has 16 heavy (non-hydrogen) atoms. The summed E-state index contributed by atoms with van der Waals surface area (Å²) in [5, 5.41) is 6.30. The third-order valence-electron chi connectivity index (χ3n) is 2.47. The van der Waals surface area contributed by atoms with Gasteiger partial charge in [0.15, 0.2) is 15.8 Å². The zero-order valence-corrected chi connectivity index (χ0v) is 11.0. The van der Waals surface area contributed by atoms with Crippen molar-refractivity contribution >= 4 is 15.8 Å². The molecule has 1 aliphatic rings. The summed E-state index contributed by atoms with van der Waals surface area (Å²) in [6.45, 7) is 5.06. The highest BCUT2D eigenvalue weighted by molar-refractivity contribution is 7.91. The number of aliphatic imine (C=N–C) groups is 1. The van der Waals surface area contributed by atoms with Crippen molar-refractivity contribution in [3.05, 3.63) is 0 Å². The van der Waals surface area contributed by atoms with Crippen molar-refractivity contribution < 1.29 is 8.42 Å². The first kappa shape index (κ1) is 13.3. The van der Waals surface area contributed by atoms with E-state index in [1.807, 2.05) is 0 Å².